The molecule has 1 saturated heterocycles. The number of fused-ring (bicyclic) bond motifs is 1. The third-order valence-corrected chi connectivity index (χ3v) is 6.86. The van der Waals surface area contributed by atoms with Crippen molar-refractivity contribution in [1.29, 1.82) is 0 Å². The number of piperidine rings is 1. The molecule has 0 bridgehead atoms. The second-order valence-electron chi connectivity index (χ2n) is 10.4. The van der Waals surface area contributed by atoms with E-state index in [-0.39, 0.29) is 23.8 Å². The van der Waals surface area contributed by atoms with E-state index in [4.69, 9.17) is 10.5 Å². The maximum absolute atomic E-state index is 14.9. The number of carbonyl (C=O) groups excluding carboxylic acids is 1. The smallest absolute Gasteiger partial charge is 0.407 e. The SMILES string of the molecule is CCC(Cc1ccc(-n2ccc(N)nc2=O)cc1F)N1C[C@@H]2C(CNC(=O)OC(C)(C)C)[C@@H]2C1. The Hall–Kier alpha value is -2.94. The van der Waals surface area contributed by atoms with Gasteiger partial charge in [0.2, 0.25) is 0 Å². The Morgan fingerprint density at radius 3 is 2.59 bits per heavy atom. The second-order valence-corrected chi connectivity index (χ2v) is 10.4. The number of halogens is 1. The van der Waals surface area contributed by atoms with Gasteiger partial charge in [-0.05, 0) is 75.1 Å². The van der Waals surface area contributed by atoms with Crippen molar-refractivity contribution >= 4 is 11.9 Å². The van der Waals surface area contributed by atoms with Gasteiger partial charge in [0.1, 0.15) is 17.2 Å². The van der Waals surface area contributed by atoms with E-state index in [0.717, 1.165) is 19.5 Å². The predicted octanol–water partition coefficient (Wildman–Crippen LogP) is 2.98. The number of nitrogen functional groups attached to an aromatic ring is 1. The highest BCUT2D eigenvalue weighted by molar-refractivity contribution is 5.67. The third kappa shape index (κ3) is 5.41. The van der Waals surface area contributed by atoms with Crippen molar-refractivity contribution in [1.82, 2.24) is 19.8 Å². The molecule has 8 nitrogen and oxygen atoms in total. The summed E-state index contributed by atoms with van der Waals surface area (Å²) in [7, 11) is 0. The van der Waals surface area contributed by atoms with Gasteiger partial charge in [-0.2, -0.15) is 4.98 Å². The number of carbonyl (C=O) groups is 1. The first kappa shape index (κ1) is 24.2. The molecule has 1 aromatic heterocycles. The summed E-state index contributed by atoms with van der Waals surface area (Å²) in [6.07, 6.45) is 2.66. The van der Waals surface area contributed by atoms with Crippen molar-refractivity contribution in [3.63, 3.8) is 0 Å². The van der Waals surface area contributed by atoms with Gasteiger partial charge >= 0.3 is 11.8 Å². The first-order valence-electron chi connectivity index (χ1n) is 11.9. The number of aromatic nitrogens is 2. The minimum atomic E-state index is -0.536. The van der Waals surface area contributed by atoms with E-state index < -0.39 is 11.3 Å². The Bertz CT molecular complexity index is 1100. The summed E-state index contributed by atoms with van der Waals surface area (Å²) in [5, 5.41) is 2.90. The monoisotopic (exact) mass is 471 g/mol. The number of ether oxygens (including phenoxy) is 1. The number of nitrogens with zero attached hydrogens (tertiary/aromatic N) is 3. The average molecular weight is 472 g/mol. The van der Waals surface area contributed by atoms with Crippen LogP contribution in [-0.2, 0) is 11.2 Å². The predicted molar refractivity (Wildman–Crippen MR) is 128 cm³/mol. The van der Waals surface area contributed by atoms with Crippen LogP contribution in [0, 0.1) is 23.6 Å². The molecule has 9 heteroatoms. The average Bonchev–Trinajstić information content (AvgIpc) is 3.19. The van der Waals surface area contributed by atoms with Crippen molar-refractivity contribution in [3.8, 4) is 5.69 Å². The summed E-state index contributed by atoms with van der Waals surface area (Å²) in [6, 6.07) is 6.62. The van der Waals surface area contributed by atoms with Gasteiger partial charge in [0, 0.05) is 31.9 Å². The fraction of sp³-hybridized carbons (Fsp3) is 0.560. The first-order valence-corrected chi connectivity index (χ1v) is 11.9. The number of nitrogens with two attached hydrogens (primary N) is 1. The lowest BCUT2D eigenvalue weighted by Crippen LogP contribution is -2.39. The van der Waals surface area contributed by atoms with Crippen molar-refractivity contribution in [2.45, 2.75) is 52.2 Å². The molecule has 4 atom stereocenters. The molecule has 2 fully saturated rings. The summed E-state index contributed by atoms with van der Waals surface area (Å²) in [4.78, 5) is 30.1. The van der Waals surface area contributed by atoms with E-state index in [1.807, 2.05) is 20.8 Å². The Balaban J connectivity index is 1.32. The fourth-order valence-corrected chi connectivity index (χ4v) is 5.05. The Kier molecular flexibility index (Phi) is 6.66. The highest BCUT2D eigenvalue weighted by Gasteiger charge is 2.56. The number of alkyl carbamates (subject to hydrolysis) is 1. The highest BCUT2D eigenvalue weighted by Crippen LogP contribution is 2.52. The standard InChI is InChI=1S/C25H34FN5O3/c1-5-16(30-13-19-18(20(19)14-30)12-28-24(33)34-25(2,3)4)10-15-6-7-17(11-21(15)26)31-9-8-22(27)29-23(31)32/h6-9,11,16,18-20H,5,10,12-14H2,1-4H3,(H,28,33)(H2,27,29,32)/t16?,18?,19-,20+. The van der Waals surface area contributed by atoms with Gasteiger partial charge in [-0.15, -0.1) is 0 Å². The van der Waals surface area contributed by atoms with E-state index in [1.54, 1.807) is 12.1 Å². The molecule has 3 N–H and O–H groups in total. The number of hydrogen-bond donors (Lipinski definition) is 2. The van der Waals surface area contributed by atoms with Gasteiger partial charge in [-0.3, -0.25) is 9.47 Å². The van der Waals surface area contributed by atoms with Crippen LogP contribution in [-0.4, -0.2) is 51.8 Å². The Labute approximate surface area is 199 Å². The largest absolute Gasteiger partial charge is 0.444 e. The lowest BCUT2D eigenvalue weighted by molar-refractivity contribution is 0.0521. The number of amides is 1. The number of likely N-dealkylation sites (tertiary alicyclic amines) is 1. The molecule has 1 aromatic carbocycles. The minimum Gasteiger partial charge on any atom is -0.444 e. The summed E-state index contributed by atoms with van der Waals surface area (Å²) in [6.45, 7) is 10.3. The number of benzene rings is 1. The number of nitrogens with one attached hydrogen (secondary N) is 1. The van der Waals surface area contributed by atoms with E-state index in [2.05, 4.69) is 22.1 Å². The highest BCUT2D eigenvalue weighted by atomic mass is 19.1. The topological polar surface area (TPSA) is 102 Å². The first-order chi connectivity index (χ1) is 16.1. The van der Waals surface area contributed by atoms with Crippen LogP contribution in [0.3, 0.4) is 0 Å². The molecule has 1 saturated carbocycles. The van der Waals surface area contributed by atoms with Crippen LogP contribution in [0.1, 0.15) is 39.7 Å². The molecule has 1 aliphatic carbocycles. The number of hydrogen-bond acceptors (Lipinski definition) is 6. The molecule has 1 aliphatic heterocycles. The second kappa shape index (κ2) is 9.37. The number of anilines is 1. The summed E-state index contributed by atoms with van der Waals surface area (Å²) in [5.41, 5.74) is 5.56. The summed E-state index contributed by atoms with van der Waals surface area (Å²) in [5.74, 6) is 1.44. The van der Waals surface area contributed by atoms with Crippen molar-refractivity contribution in [3.05, 3.63) is 52.3 Å². The van der Waals surface area contributed by atoms with Gasteiger partial charge in [0.05, 0.1) is 5.69 Å². The molecule has 184 valence electrons. The van der Waals surface area contributed by atoms with E-state index in [0.29, 0.717) is 42.0 Å². The summed E-state index contributed by atoms with van der Waals surface area (Å²) < 4.78 is 21.5. The fourth-order valence-electron chi connectivity index (χ4n) is 5.05. The molecular formula is C25H34FN5O3. The Morgan fingerprint density at radius 1 is 1.29 bits per heavy atom. The zero-order chi connectivity index (χ0) is 24.6. The lowest BCUT2D eigenvalue weighted by Gasteiger charge is -2.29. The van der Waals surface area contributed by atoms with Crippen LogP contribution in [0.25, 0.3) is 5.69 Å². The van der Waals surface area contributed by atoms with Crippen molar-refractivity contribution in [2.24, 2.45) is 17.8 Å². The number of rotatable bonds is 7. The molecule has 0 spiro atoms. The maximum atomic E-state index is 14.9. The zero-order valence-electron chi connectivity index (χ0n) is 20.3. The molecule has 2 heterocycles. The maximum Gasteiger partial charge on any atom is 0.407 e. The van der Waals surface area contributed by atoms with Gasteiger partial charge in [0.15, 0.2) is 0 Å². The van der Waals surface area contributed by atoms with Gasteiger partial charge < -0.3 is 15.8 Å². The van der Waals surface area contributed by atoms with E-state index in [1.165, 1.54) is 22.9 Å². The van der Waals surface area contributed by atoms with E-state index >= 15 is 0 Å². The van der Waals surface area contributed by atoms with Crippen LogP contribution in [0.15, 0.2) is 35.3 Å². The van der Waals surface area contributed by atoms with Crippen molar-refractivity contribution in [2.75, 3.05) is 25.4 Å². The van der Waals surface area contributed by atoms with Gasteiger partial charge in [-0.1, -0.05) is 13.0 Å². The van der Waals surface area contributed by atoms with Crippen molar-refractivity contribution < 1.29 is 13.9 Å². The van der Waals surface area contributed by atoms with Crippen LogP contribution in [0.5, 0.6) is 0 Å². The molecule has 1 amide bonds. The quantitative estimate of drug-likeness (QED) is 0.644. The van der Waals surface area contributed by atoms with E-state index in [9.17, 15) is 14.0 Å². The molecule has 2 aliphatic rings. The van der Waals surface area contributed by atoms with Crippen LogP contribution >= 0.6 is 0 Å². The molecule has 4 rings (SSSR count). The molecule has 0 radical (unpaired) electrons. The summed E-state index contributed by atoms with van der Waals surface area (Å²) >= 11 is 0. The van der Waals surface area contributed by atoms with Gasteiger partial charge in [-0.25, -0.2) is 14.0 Å². The van der Waals surface area contributed by atoms with Gasteiger partial charge in [0.25, 0.3) is 0 Å². The molecular weight excluding hydrogens is 437 g/mol. The normalized spacial score (nSPS) is 22.8. The molecule has 2 unspecified atom stereocenters. The van der Waals surface area contributed by atoms with Crippen LogP contribution in [0.2, 0.25) is 0 Å². The molecule has 34 heavy (non-hydrogen) atoms. The van der Waals surface area contributed by atoms with Crippen LogP contribution < -0.4 is 16.7 Å². The Morgan fingerprint density at radius 2 is 2.00 bits per heavy atom. The minimum absolute atomic E-state index is 0.135. The lowest BCUT2D eigenvalue weighted by atomic mass is 10.0. The third-order valence-electron chi connectivity index (χ3n) is 6.86. The van der Waals surface area contributed by atoms with Crippen LogP contribution in [0.4, 0.5) is 15.0 Å². The molecule has 2 aromatic rings. The zero-order valence-corrected chi connectivity index (χ0v) is 20.3.